The van der Waals surface area contributed by atoms with Gasteiger partial charge in [0.2, 0.25) is 0 Å². The summed E-state index contributed by atoms with van der Waals surface area (Å²) in [6, 6.07) is 5.87. The van der Waals surface area contributed by atoms with E-state index in [1.165, 1.54) is 5.69 Å². The van der Waals surface area contributed by atoms with Crippen molar-refractivity contribution >= 4 is 23.3 Å². The lowest BCUT2D eigenvalue weighted by Crippen LogP contribution is -2.43. The van der Waals surface area contributed by atoms with Crippen LogP contribution in [-0.4, -0.2) is 40.8 Å². The number of amides is 2. The quantitative estimate of drug-likeness (QED) is 0.833. The highest BCUT2D eigenvalue weighted by atomic mass is 35.5. The highest BCUT2D eigenvalue weighted by Crippen LogP contribution is 2.34. The number of carbonyl (C=O) groups excluding carboxylic acids is 1. The first-order valence-corrected chi connectivity index (χ1v) is 9.74. The van der Waals surface area contributed by atoms with Gasteiger partial charge in [0.15, 0.2) is 0 Å². The second-order valence-corrected chi connectivity index (χ2v) is 7.87. The van der Waals surface area contributed by atoms with Crippen LogP contribution in [0.5, 0.6) is 0 Å². The fourth-order valence-electron chi connectivity index (χ4n) is 3.88. The number of nitrogens with one attached hydrogen (secondary N) is 2. The van der Waals surface area contributed by atoms with Gasteiger partial charge in [-0.05, 0) is 75.5 Å². The molecule has 1 aliphatic rings. The SMILES string of the molecule is Cc1cc(Cl)c(NC(=O)NC[C@@H]2CCCN(C)[C@H]2c2ccnn2C)cc1C. The summed E-state index contributed by atoms with van der Waals surface area (Å²) in [6.07, 6.45) is 4.03. The van der Waals surface area contributed by atoms with E-state index in [1.54, 1.807) is 0 Å². The van der Waals surface area contributed by atoms with Crippen LogP contribution in [0.2, 0.25) is 5.02 Å². The molecule has 1 fully saturated rings. The predicted molar refractivity (Wildman–Crippen MR) is 109 cm³/mol. The Morgan fingerprint density at radius 1 is 1.30 bits per heavy atom. The number of aromatic nitrogens is 2. The molecule has 1 aromatic carbocycles. The highest BCUT2D eigenvalue weighted by Gasteiger charge is 2.32. The maximum atomic E-state index is 12.4. The van der Waals surface area contributed by atoms with Crippen molar-refractivity contribution in [2.45, 2.75) is 32.7 Å². The molecule has 0 unspecified atom stereocenters. The molecule has 2 heterocycles. The summed E-state index contributed by atoms with van der Waals surface area (Å²) in [7, 11) is 4.11. The highest BCUT2D eigenvalue weighted by molar-refractivity contribution is 6.33. The Morgan fingerprint density at radius 3 is 2.74 bits per heavy atom. The summed E-state index contributed by atoms with van der Waals surface area (Å²) >= 11 is 6.26. The first-order valence-electron chi connectivity index (χ1n) is 9.36. The number of halogens is 1. The van der Waals surface area contributed by atoms with Crippen LogP contribution >= 0.6 is 11.6 Å². The topological polar surface area (TPSA) is 62.2 Å². The van der Waals surface area contributed by atoms with Crippen molar-refractivity contribution in [3.63, 3.8) is 0 Å². The van der Waals surface area contributed by atoms with E-state index >= 15 is 0 Å². The van der Waals surface area contributed by atoms with Gasteiger partial charge in [-0.1, -0.05) is 11.6 Å². The van der Waals surface area contributed by atoms with E-state index in [0.29, 0.717) is 23.2 Å². The van der Waals surface area contributed by atoms with Gasteiger partial charge in [0.05, 0.1) is 22.4 Å². The molecule has 2 amide bonds. The number of rotatable bonds is 4. The van der Waals surface area contributed by atoms with Crippen molar-refractivity contribution in [3.05, 3.63) is 46.2 Å². The zero-order valence-corrected chi connectivity index (χ0v) is 17.2. The number of nitrogens with zero attached hydrogens (tertiary/aromatic N) is 3. The molecule has 1 aliphatic heterocycles. The van der Waals surface area contributed by atoms with Crippen LogP contribution in [0, 0.1) is 19.8 Å². The Morgan fingerprint density at radius 2 is 2.04 bits per heavy atom. The average Bonchev–Trinajstić information content (AvgIpc) is 3.03. The van der Waals surface area contributed by atoms with Crippen LogP contribution < -0.4 is 10.6 Å². The minimum Gasteiger partial charge on any atom is -0.338 e. The molecule has 7 heteroatoms. The Balaban J connectivity index is 1.65. The number of urea groups is 1. The van der Waals surface area contributed by atoms with E-state index in [2.05, 4.69) is 33.7 Å². The van der Waals surface area contributed by atoms with Gasteiger partial charge < -0.3 is 10.6 Å². The van der Waals surface area contributed by atoms with Crippen LogP contribution in [0.4, 0.5) is 10.5 Å². The van der Waals surface area contributed by atoms with Gasteiger partial charge in [-0.3, -0.25) is 9.58 Å². The third-order valence-corrected chi connectivity index (χ3v) is 5.84. The summed E-state index contributed by atoms with van der Waals surface area (Å²) < 4.78 is 1.93. The molecule has 0 radical (unpaired) electrons. The monoisotopic (exact) mass is 389 g/mol. The number of likely N-dealkylation sites (tertiary alicyclic amines) is 1. The van der Waals surface area contributed by atoms with Crippen molar-refractivity contribution in [3.8, 4) is 0 Å². The molecule has 3 rings (SSSR count). The molecule has 0 saturated carbocycles. The molecule has 0 aliphatic carbocycles. The number of hydrogen-bond acceptors (Lipinski definition) is 3. The third-order valence-electron chi connectivity index (χ3n) is 5.53. The van der Waals surface area contributed by atoms with E-state index in [0.717, 1.165) is 30.5 Å². The smallest absolute Gasteiger partial charge is 0.319 e. The zero-order chi connectivity index (χ0) is 19.6. The third kappa shape index (κ3) is 4.45. The van der Waals surface area contributed by atoms with Crippen LogP contribution in [0.1, 0.15) is 35.7 Å². The van der Waals surface area contributed by atoms with Crippen LogP contribution in [0.15, 0.2) is 24.4 Å². The van der Waals surface area contributed by atoms with Crippen molar-refractivity contribution < 1.29 is 4.79 Å². The van der Waals surface area contributed by atoms with E-state index in [4.69, 9.17) is 11.6 Å². The van der Waals surface area contributed by atoms with Gasteiger partial charge in [-0.15, -0.1) is 0 Å². The number of aryl methyl sites for hydroxylation is 3. The lowest BCUT2D eigenvalue weighted by molar-refractivity contribution is 0.114. The van der Waals surface area contributed by atoms with Gasteiger partial charge in [0.1, 0.15) is 0 Å². The molecule has 2 atom stereocenters. The second kappa shape index (κ2) is 8.31. The Hall–Kier alpha value is -2.05. The Kier molecular flexibility index (Phi) is 6.07. The van der Waals surface area contributed by atoms with Gasteiger partial charge in [-0.25, -0.2) is 4.79 Å². The molecule has 0 spiro atoms. The summed E-state index contributed by atoms with van der Waals surface area (Å²) in [5, 5.41) is 10.8. The normalized spacial score (nSPS) is 20.5. The molecular formula is C20H28ClN5O. The molecule has 1 aromatic heterocycles. The average molecular weight is 390 g/mol. The molecule has 1 saturated heterocycles. The minimum atomic E-state index is -0.225. The van der Waals surface area contributed by atoms with Crippen molar-refractivity contribution in [2.24, 2.45) is 13.0 Å². The van der Waals surface area contributed by atoms with Crippen LogP contribution in [-0.2, 0) is 7.05 Å². The Bertz CT molecular complexity index is 819. The van der Waals surface area contributed by atoms with E-state index in [9.17, 15) is 4.79 Å². The number of benzene rings is 1. The summed E-state index contributed by atoms with van der Waals surface area (Å²) in [6.45, 7) is 5.67. The van der Waals surface area contributed by atoms with Crippen LogP contribution in [0.3, 0.4) is 0 Å². The van der Waals surface area contributed by atoms with E-state index < -0.39 is 0 Å². The molecule has 0 bridgehead atoms. The van der Waals surface area contributed by atoms with Crippen molar-refractivity contribution in [1.29, 1.82) is 0 Å². The molecular weight excluding hydrogens is 362 g/mol. The minimum absolute atomic E-state index is 0.225. The van der Waals surface area contributed by atoms with Crippen LogP contribution in [0.25, 0.3) is 0 Å². The number of piperidine rings is 1. The predicted octanol–water partition coefficient (Wildman–Crippen LogP) is 3.89. The lowest BCUT2D eigenvalue weighted by Gasteiger charge is -2.39. The van der Waals surface area contributed by atoms with Crippen molar-refractivity contribution in [1.82, 2.24) is 20.0 Å². The molecule has 6 nitrogen and oxygen atoms in total. The van der Waals surface area contributed by atoms with Gasteiger partial charge in [-0.2, -0.15) is 5.10 Å². The molecule has 2 aromatic rings. The fraction of sp³-hybridized carbons (Fsp3) is 0.500. The first-order chi connectivity index (χ1) is 12.9. The largest absolute Gasteiger partial charge is 0.338 e. The lowest BCUT2D eigenvalue weighted by atomic mass is 9.87. The Labute approximate surface area is 165 Å². The number of carbonyl (C=O) groups is 1. The summed E-state index contributed by atoms with van der Waals surface area (Å²) in [5.41, 5.74) is 4.03. The number of hydrogen-bond donors (Lipinski definition) is 2. The zero-order valence-electron chi connectivity index (χ0n) is 16.4. The molecule has 27 heavy (non-hydrogen) atoms. The molecule has 2 N–H and O–H groups in total. The fourth-order valence-corrected chi connectivity index (χ4v) is 4.15. The summed E-state index contributed by atoms with van der Waals surface area (Å²) in [5.74, 6) is 0.333. The van der Waals surface area contributed by atoms with E-state index in [1.807, 2.05) is 43.9 Å². The number of anilines is 1. The maximum absolute atomic E-state index is 12.4. The first kappa shape index (κ1) is 19.7. The van der Waals surface area contributed by atoms with Gasteiger partial charge in [0, 0.05) is 19.8 Å². The standard InChI is InChI=1S/C20H28ClN5O/c1-13-10-16(21)17(11-14(13)2)24-20(27)22-12-15-6-5-9-25(3)19(15)18-7-8-23-26(18)4/h7-8,10-11,15,19H,5-6,9,12H2,1-4H3,(H2,22,24,27)/t15-,19+/m0/s1. The maximum Gasteiger partial charge on any atom is 0.319 e. The van der Waals surface area contributed by atoms with E-state index in [-0.39, 0.29) is 12.1 Å². The van der Waals surface area contributed by atoms with Gasteiger partial charge >= 0.3 is 6.03 Å². The molecule has 146 valence electrons. The van der Waals surface area contributed by atoms with Crippen molar-refractivity contribution in [2.75, 3.05) is 25.5 Å². The van der Waals surface area contributed by atoms with Gasteiger partial charge in [0.25, 0.3) is 0 Å². The summed E-state index contributed by atoms with van der Waals surface area (Å²) in [4.78, 5) is 14.8. The second-order valence-electron chi connectivity index (χ2n) is 7.46.